The molecule has 1 aromatic heterocycles. The minimum atomic E-state index is 0. The second-order valence-electron chi connectivity index (χ2n) is 2.35. The fourth-order valence-electron chi connectivity index (χ4n) is 1.09. The average Bonchev–Trinajstić information content (AvgIpc) is 2.06. The van der Waals surface area contributed by atoms with Gasteiger partial charge in [-0.15, -0.1) is 0 Å². The van der Waals surface area contributed by atoms with Crippen molar-refractivity contribution in [1.29, 1.82) is 0 Å². The van der Waals surface area contributed by atoms with Crippen LogP contribution in [0.15, 0.2) is 36.5 Å². The summed E-state index contributed by atoms with van der Waals surface area (Å²) >= 11 is 0. The third kappa shape index (κ3) is 1.84. The Morgan fingerprint density at radius 2 is 1.83 bits per heavy atom. The van der Waals surface area contributed by atoms with Gasteiger partial charge in [0.1, 0.15) is 11.3 Å². The van der Waals surface area contributed by atoms with Gasteiger partial charge in [0.05, 0.1) is 0 Å². The Balaban J connectivity index is 0.000000720. The molecule has 0 amide bonds. The molecule has 1 heterocycles. The predicted octanol–water partition coefficient (Wildman–Crippen LogP) is 1.02. The van der Waals surface area contributed by atoms with Gasteiger partial charge in [0, 0.05) is 11.6 Å². The van der Waals surface area contributed by atoms with Crippen LogP contribution < -0.4 is 0 Å². The summed E-state index contributed by atoms with van der Waals surface area (Å²) in [6.45, 7) is 0. The first kappa shape index (κ1) is 10.1. The summed E-state index contributed by atoms with van der Waals surface area (Å²) in [7, 11) is 0. The van der Waals surface area contributed by atoms with Crippen LogP contribution in [0.4, 0.5) is 0 Å². The molecule has 3 heteroatoms. The number of para-hydroxylation sites is 1. The Labute approximate surface area is 111 Å². The number of nitrogens with zero attached hydrogens (tertiary/aromatic N) is 1. The number of aromatic hydroxyl groups is 1. The predicted molar refractivity (Wildman–Crippen MR) is 52.0 cm³/mol. The molecular formula is C9H9BaNO. The van der Waals surface area contributed by atoms with Gasteiger partial charge in [-0.1, -0.05) is 18.2 Å². The van der Waals surface area contributed by atoms with Gasteiger partial charge in [0.25, 0.3) is 0 Å². The number of pyridine rings is 1. The van der Waals surface area contributed by atoms with E-state index in [9.17, 15) is 5.11 Å². The van der Waals surface area contributed by atoms with Gasteiger partial charge in [0.15, 0.2) is 0 Å². The van der Waals surface area contributed by atoms with E-state index < -0.39 is 0 Å². The van der Waals surface area contributed by atoms with Crippen LogP contribution in [0.25, 0.3) is 10.9 Å². The Morgan fingerprint density at radius 3 is 2.58 bits per heavy atom. The number of hydrogen-bond donors (Lipinski definition) is 1. The van der Waals surface area contributed by atoms with Gasteiger partial charge in [-0.05, 0) is 12.1 Å². The molecule has 0 aliphatic heterocycles. The third-order valence-electron chi connectivity index (χ3n) is 1.61. The first-order valence-electron chi connectivity index (χ1n) is 3.40. The monoisotopic (exact) mass is 285 g/mol. The molecule has 0 saturated carbocycles. The summed E-state index contributed by atoms with van der Waals surface area (Å²) in [5.74, 6) is 0.239. The Bertz CT molecular complexity index is 384. The van der Waals surface area contributed by atoms with Crippen molar-refractivity contribution in [2.75, 3.05) is 0 Å². The number of phenols is 1. The van der Waals surface area contributed by atoms with Gasteiger partial charge in [0.2, 0.25) is 0 Å². The van der Waals surface area contributed by atoms with Crippen LogP contribution >= 0.6 is 0 Å². The van der Waals surface area contributed by atoms with Crippen LogP contribution in [0.3, 0.4) is 0 Å². The number of benzene rings is 1. The summed E-state index contributed by atoms with van der Waals surface area (Å²) in [4.78, 5) is 4.03. The number of fused-ring (bicyclic) bond motifs is 1. The van der Waals surface area contributed by atoms with Gasteiger partial charge in [-0.3, -0.25) is 4.98 Å². The molecule has 0 bridgehead atoms. The van der Waals surface area contributed by atoms with E-state index in [4.69, 9.17) is 0 Å². The normalized spacial score (nSPS) is 9.33. The minimum absolute atomic E-state index is 0. The van der Waals surface area contributed by atoms with Crippen LogP contribution in [0.1, 0.15) is 0 Å². The molecule has 1 N–H and O–H groups in total. The summed E-state index contributed by atoms with van der Waals surface area (Å²) in [5, 5.41) is 10.3. The molecule has 0 radical (unpaired) electrons. The third-order valence-corrected chi connectivity index (χ3v) is 1.61. The molecule has 0 fully saturated rings. The molecule has 1 aromatic carbocycles. The van der Waals surface area contributed by atoms with Crippen molar-refractivity contribution in [3.05, 3.63) is 36.5 Å². The Morgan fingerprint density at radius 1 is 1.08 bits per heavy atom. The number of hydrogen-bond acceptors (Lipinski definition) is 2. The second kappa shape index (κ2) is 4.30. The summed E-state index contributed by atoms with van der Waals surface area (Å²) in [5.41, 5.74) is 0.662. The van der Waals surface area contributed by atoms with E-state index in [1.807, 2.05) is 18.2 Å². The SMILES string of the molecule is Oc1cccc2cccnc12.[BaH2]. The van der Waals surface area contributed by atoms with Crippen molar-refractivity contribution >= 4 is 59.8 Å². The van der Waals surface area contributed by atoms with Crippen LogP contribution in [0, 0.1) is 0 Å². The first-order chi connectivity index (χ1) is 5.38. The summed E-state index contributed by atoms with van der Waals surface area (Å²) in [6, 6.07) is 9.13. The average molecular weight is 285 g/mol. The van der Waals surface area contributed by atoms with Gasteiger partial charge in [-0.2, -0.15) is 0 Å². The zero-order valence-corrected chi connectivity index (χ0v) is 5.86. The molecular weight excluding hydrogens is 275 g/mol. The maximum atomic E-state index is 9.31. The molecule has 0 aliphatic carbocycles. The molecule has 2 rings (SSSR count). The van der Waals surface area contributed by atoms with Crippen molar-refractivity contribution in [3.63, 3.8) is 0 Å². The van der Waals surface area contributed by atoms with Gasteiger partial charge in [-0.25, -0.2) is 0 Å². The van der Waals surface area contributed by atoms with Crippen molar-refractivity contribution in [3.8, 4) is 5.75 Å². The van der Waals surface area contributed by atoms with Crippen LogP contribution in [0.5, 0.6) is 5.75 Å². The van der Waals surface area contributed by atoms with Crippen LogP contribution in [0.2, 0.25) is 0 Å². The van der Waals surface area contributed by atoms with Gasteiger partial charge < -0.3 is 5.11 Å². The van der Waals surface area contributed by atoms with Crippen molar-refractivity contribution < 1.29 is 5.11 Å². The van der Waals surface area contributed by atoms with E-state index in [0.29, 0.717) is 5.52 Å². The van der Waals surface area contributed by atoms with Crippen LogP contribution in [-0.4, -0.2) is 59.0 Å². The molecule has 0 atom stereocenters. The van der Waals surface area contributed by atoms with E-state index >= 15 is 0 Å². The zero-order chi connectivity index (χ0) is 7.68. The second-order valence-corrected chi connectivity index (χ2v) is 2.35. The maximum absolute atomic E-state index is 9.31. The molecule has 58 valence electrons. The van der Waals surface area contributed by atoms with E-state index in [1.165, 1.54) is 0 Å². The van der Waals surface area contributed by atoms with E-state index in [0.717, 1.165) is 5.39 Å². The molecule has 0 aliphatic rings. The van der Waals surface area contributed by atoms with Gasteiger partial charge >= 0.3 is 48.9 Å². The molecule has 12 heavy (non-hydrogen) atoms. The molecule has 2 nitrogen and oxygen atoms in total. The topological polar surface area (TPSA) is 33.1 Å². The van der Waals surface area contributed by atoms with E-state index in [-0.39, 0.29) is 54.6 Å². The molecule has 0 spiro atoms. The summed E-state index contributed by atoms with van der Waals surface area (Å²) < 4.78 is 0. The quantitative estimate of drug-likeness (QED) is 0.733. The number of aromatic nitrogens is 1. The van der Waals surface area contributed by atoms with Crippen molar-refractivity contribution in [1.82, 2.24) is 4.98 Å². The Hall–Kier alpha value is 0.00143. The Kier molecular flexibility index (Phi) is 3.61. The number of rotatable bonds is 0. The molecule has 2 aromatic rings. The fourth-order valence-corrected chi connectivity index (χ4v) is 1.09. The zero-order valence-electron chi connectivity index (χ0n) is 5.86. The standard InChI is InChI=1S/C9H7NO.Ba.2H/c11-8-5-1-3-7-4-2-6-10-9(7)8;;;/h1-6,11H;;;. The first-order valence-corrected chi connectivity index (χ1v) is 3.40. The van der Waals surface area contributed by atoms with E-state index in [1.54, 1.807) is 18.3 Å². The van der Waals surface area contributed by atoms with E-state index in [2.05, 4.69) is 4.98 Å². The van der Waals surface area contributed by atoms with Crippen molar-refractivity contribution in [2.45, 2.75) is 0 Å². The molecule has 0 unspecified atom stereocenters. The fraction of sp³-hybridized carbons (Fsp3) is 0. The summed E-state index contributed by atoms with van der Waals surface area (Å²) in [6.07, 6.45) is 1.67. The number of phenolic OH excluding ortho intramolecular Hbond substituents is 1. The molecule has 0 saturated heterocycles. The van der Waals surface area contributed by atoms with Crippen molar-refractivity contribution in [2.24, 2.45) is 0 Å². The van der Waals surface area contributed by atoms with Crippen LogP contribution in [-0.2, 0) is 0 Å².